The van der Waals surface area contributed by atoms with Gasteiger partial charge >= 0.3 is 0 Å². The minimum absolute atomic E-state index is 0.637. The average molecular weight is 378 g/mol. The Kier molecular flexibility index (Phi) is 8.39. The number of nitrogens with zero attached hydrogens (tertiary/aromatic N) is 4. The normalized spacial score (nSPS) is 17.7. The Morgan fingerprint density at radius 1 is 0.889 bits per heavy atom. The summed E-state index contributed by atoms with van der Waals surface area (Å²) in [6.45, 7) is 3.50. The second kappa shape index (κ2) is 8.61. The number of rotatable bonds is 8. The van der Waals surface area contributed by atoms with E-state index in [1.165, 1.54) is 0 Å². The zero-order chi connectivity index (χ0) is 14.1. The molecule has 0 saturated carbocycles. The molecule has 0 spiro atoms. The molecule has 0 saturated heterocycles. The molecule has 0 bridgehead atoms. The van der Waals surface area contributed by atoms with Gasteiger partial charge in [0.25, 0.3) is 0 Å². The van der Waals surface area contributed by atoms with Gasteiger partial charge in [0.05, 0.1) is 12.1 Å². The number of hydrogen-bond acceptors (Lipinski definition) is 4. The highest BCUT2D eigenvalue weighted by atomic mass is 79.9. The summed E-state index contributed by atoms with van der Waals surface area (Å²) in [5, 5.41) is 28.2. The van der Waals surface area contributed by atoms with Gasteiger partial charge in [0, 0.05) is 10.7 Å². The van der Waals surface area contributed by atoms with Crippen molar-refractivity contribution in [3.8, 4) is 12.1 Å². The third-order valence-corrected chi connectivity index (χ3v) is 3.69. The molecule has 0 aromatic rings. The van der Waals surface area contributed by atoms with Gasteiger partial charge in [0.1, 0.15) is 0 Å². The Morgan fingerprint density at radius 2 is 1.22 bits per heavy atom. The van der Waals surface area contributed by atoms with E-state index in [0.29, 0.717) is 12.8 Å². The number of halogens is 2. The summed E-state index contributed by atoms with van der Waals surface area (Å²) in [7, 11) is 0. The first-order chi connectivity index (χ1) is 8.45. The fourth-order valence-corrected chi connectivity index (χ4v) is 1.86. The predicted molar refractivity (Wildman–Crippen MR) is 78.9 cm³/mol. The summed E-state index contributed by atoms with van der Waals surface area (Å²) in [5.41, 5.74) is -1.67. The minimum Gasteiger partial charge on any atom is -0.196 e. The van der Waals surface area contributed by atoms with Crippen LogP contribution in [-0.2, 0) is 0 Å². The van der Waals surface area contributed by atoms with Crippen molar-refractivity contribution >= 4 is 31.9 Å². The van der Waals surface area contributed by atoms with E-state index in [1.807, 2.05) is 0 Å². The van der Waals surface area contributed by atoms with Crippen molar-refractivity contribution in [3.05, 3.63) is 0 Å². The topological polar surface area (TPSA) is 72.3 Å². The van der Waals surface area contributed by atoms with E-state index >= 15 is 0 Å². The van der Waals surface area contributed by atoms with E-state index in [4.69, 9.17) is 10.5 Å². The summed E-state index contributed by atoms with van der Waals surface area (Å²) in [5.74, 6) is 0. The predicted octanol–water partition coefficient (Wildman–Crippen LogP) is 4.35. The molecule has 0 heterocycles. The van der Waals surface area contributed by atoms with Crippen molar-refractivity contribution in [1.29, 1.82) is 10.5 Å². The summed E-state index contributed by atoms with van der Waals surface area (Å²) in [6.07, 6.45) is 2.98. The van der Waals surface area contributed by atoms with Crippen LogP contribution in [0.5, 0.6) is 0 Å². The maximum Gasteiger partial charge on any atom is 0.164 e. The molecule has 0 aliphatic heterocycles. The van der Waals surface area contributed by atoms with E-state index < -0.39 is 11.1 Å². The highest BCUT2D eigenvalue weighted by molar-refractivity contribution is 9.09. The number of hydrogen-bond donors (Lipinski definition) is 0. The molecule has 6 heteroatoms. The Hall–Kier alpha value is -0.460. The molecule has 0 amide bonds. The monoisotopic (exact) mass is 376 g/mol. The third-order valence-electron chi connectivity index (χ3n) is 2.57. The Labute approximate surface area is 126 Å². The largest absolute Gasteiger partial charge is 0.196 e. The summed E-state index contributed by atoms with van der Waals surface area (Å²) < 4.78 is 0. The number of nitriles is 2. The lowest BCUT2D eigenvalue weighted by molar-refractivity contribution is 0.448. The van der Waals surface area contributed by atoms with Crippen LogP contribution in [-0.4, -0.2) is 21.7 Å². The van der Waals surface area contributed by atoms with Gasteiger partial charge in [-0.3, -0.25) is 0 Å². The van der Waals surface area contributed by atoms with Crippen molar-refractivity contribution in [3.63, 3.8) is 0 Å². The Balaban J connectivity index is 4.75. The molecule has 0 aliphatic carbocycles. The molecule has 0 fully saturated rings. The Bertz CT molecular complexity index is 324. The fraction of sp³-hybridized carbons (Fsp3) is 0.833. The van der Waals surface area contributed by atoms with E-state index in [1.54, 1.807) is 13.8 Å². The van der Waals surface area contributed by atoms with Gasteiger partial charge in [0.15, 0.2) is 11.1 Å². The molecule has 0 rings (SSSR count). The molecule has 0 aromatic carbocycles. The third kappa shape index (κ3) is 6.47. The molecule has 0 aliphatic rings. The van der Waals surface area contributed by atoms with E-state index in [0.717, 1.165) is 23.5 Å². The van der Waals surface area contributed by atoms with Gasteiger partial charge in [-0.25, -0.2) is 0 Å². The lowest BCUT2D eigenvalue weighted by atomic mass is 9.98. The smallest absolute Gasteiger partial charge is 0.164 e. The van der Waals surface area contributed by atoms with Crippen LogP contribution < -0.4 is 0 Å². The highest BCUT2D eigenvalue weighted by Gasteiger charge is 2.27. The zero-order valence-corrected chi connectivity index (χ0v) is 14.0. The van der Waals surface area contributed by atoms with Crippen LogP contribution in [0.2, 0.25) is 0 Å². The maximum absolute atomic E-state index is 9.15. The second-order valence-electron chi connectivity index (χ2n) is 4.56. The first-order valence-electron chi connectivity index (χ1n) is 5.84. The molecule has 2 unspecified atom stereocenters. The van der Waals surface area contributed by atoms with E-state index in [9.17, 15) is 0 Å². The molecule has 4 nitrogen and oxygen atoms in total. The SMILES string of the molecule is CC(C#N)(CCCBr)N=NC(C)(C#N)CCCBr. The molecular weight excluding hydrogens is 360 g/mol. The van der Waals surface area contributed by atoms with Crippen molar-refractivity contribution in [2.45, 2.75) is 50.6 Å². The lowest BCUT2D eigenvalue weighted by Gasteiger charge is -2.19. The maximum atomic E-state index is 9.15. The zero-order valence-electron chi connectivity index (χ0n) is 10.8. The fourth-order valence-electron chi connectivity index (χ4n) is 1.30. The van der Waals surface area contributed by atoms with E-state index in [2.05, 4.69) is 54.2 Å². The molecule has 0 N–H and O–H groups in total. The van der Waals surface area contributed by atoms with Crippen molar-refractivity contribution < 1.29 is 0 Å². The standard InChI is InChI=1S/C12H18Br2N4/c1-11(9-15,5-3-7-13)17-18-12(2,10-16)6-4-8-14/h3-8H2,1-2H3. The quantitative estimate of drug-likeness (QED) is 0.465. The molecule has 18 heavy (non-hydrogen) atoms. The van der Waals surface area contributed by atoms with Crippen LogP contribution in [0.15, 0.2) is 10.2 Å². The van der Waals surface area contributed by atoms with Crippen LogP contribution in [0.25, 0.3) is 0 Å². The van der Waals surface area contributed by atoms with Crippen LogP contribution in [0.3, 0.4) is 0 Å². The van der Waals surface area contributed by atoms with Gasteiger partial charge in [-0.1, -0.05) is 31.9 Å². The first-order valence-corrected chi connectivity index (χ1v) is 8.08. The summed E-state index contributed by atoms with van der Waals surface area (Å²) in [4.78, 5) is 0. The molecule has 0 aromatic heterocycles. The van der Waals surface area contributed by atoms with Crippen LogP contribution in [0, 0.1) is 22.7 Å². The first kappa shape index (κ1) is 17.5. The highest BCUT2D eigenvalue weighted by Crippen LogP contribution is 2.23. The van der Waals surface area contributed by atoms with Crippen LogP contribution in [0.1, 0.15) is 39.5 Å². The molecular formula is C12H18Br2N4. The molecule has 100 valence electrons. The van der Waals surface area contributed by atoms with Gasteiger partial charge in [-0.05, 0) is 39.5 Å². The minimum atomic E-state index is -0.833. The second-order valence-corrected chi connectivity index (χ2v) is 6.14. The van der Waals surface area contributed by atoms with Gasteiger partial charge in [-0.2, -0.15) is 20.8 Å². The lowest BCUT2D eigenvalue weighted by Crippen LogP contribution is -2.23. The van der Waals surface area contributed by atoms with Gasteiger partial charge in [0.2, 0.25) is 0 Å². The van der Waals surface area contributed by atoms with Crippen molar-refractivity contribution in [2.75, 3.05) is 10.7 Å². The van der Waals surface area contributed by atoms with Crippen molar-refractivity contribution in [1.82, 2.24) is 0 Å². The van der Waals surface area contributed by atoms with Crippen molar-refractivity contribution in [2.24, 2.45) is 10.2 Å². The molecule has 0 radical (unpaired) electrons. The van der Waals surface area contributed by atoms with Gasteiger partial charge < -0.3 is 0 Å². The average Bonchev–Trinajstić information content (AvgIpc) is 2.40. The van der Waals surface area contributed by atoms with E-state index in [-0.39, 0.29) is 0 Å². The summed E-state index contributed by atoms with van der Waals surface area (Å²) in [6, 6.07) is 4.33. The Morgan fingerprint density at radius 3 is 1.44 bits per heavy atom. The van der Waals surface area contributed by atoms with Crippen LogP contribution in [0.4, 0.5) is 0 Å². The van der Waals surface area contributed by atoms with Crippen LogP contribution >= 0.6 is 31.9 Å². The molecule has 2 atom stereocenters. The van der Waals surface area contributed by atoms with Gasteiger partial charge in [-0.15, -0.1) is 0 Å². The number of alkyl halides is 2. The summed E-state index contributed by atoms with van der Waals surface area (Å²) >= 11 is 6.66. The number of azo groups is 1.